The topological polar surface area (TPSA) is 75.6 Å². The van der Waals surface area contributed by atoms with Crippen LogP contribution in [0.1, 0.15) is 11.1 Å². The SMILES string of the molecule is Cc1cc(CO)cc(S(=O)(=O)NCCOCC(F)F)c1Br. The van der Waals surface area contributed by atoms with Crippen LogP contribution in [-0.4, -0.2) is 39.7 Å². The van der Waals surface area contributed by atoms with Crippen LogP contribution in [0.3, 0.4) is 0 Å². The van der Waals surface area contributed by atoms with Crippen LogP contribution in [0.4, 0.5) is 8.78 Å². The van der Waals surface area contributed by atoms with Crippen molar-refractivity contribution in [3.05, 3.63) is 27.7 Å². The minimum absolute atomic E-state index is 0.0135. The van der Waals surface area contributed by atoms with E-state index in [0.29, 0.717) is 15.6 Å². The Hall–Kier alpha value is -0.610. The van der Waals surface area contributed by atoms with E-state index in [9.17, 15) is 17.2 Å². The Morgan fingerprint density at radius 1 is 1.43 bits per heavy atom. The molecule has 0 aliphatic heterocycles. The number of halogens is 3. The molecule has 120 valence electrons. The third-order valence-corrected chi connectivity index (χ3v) is 5.34. The standard InChI is InChI=1S/C12H16BrF2NO4S/c1-8-4-9(6-17)5-10(12(8)13)21(18,19)16-2-3-20-7-11(14)15/h4-5,11,16-17H,2-3,6-7H2,1H3. The van der Waals surface area contributed by atoms with Crippen LogP contribution in [0, 0.1) is 6.92 Å². The molecule has 0 aromatic heterocycles. The predicted molar refractivity (Wildman–Crippen MR) is 76.8 cm³/mol. The van der Waals surface area contributed by atoms with Crippen molar-refractivity contribution in [2.45, 2.75) is 24.9 Å². The summed E-state index contributed by atoms with van der Waals surface area (Å²) in [6, 6.07) is 3.01. The maximum atomic E-state index is 12.1. The second-order valence-corrected chi connectivity index (χ2v) is 6.78. The van der Waals surface area contributed by atoms with Crippen LogP contribution < -0.4 is 4.72 Å². The van der Waals surface area contributed by atoms with Crippen molar-refractivity contribution in [3.8, 4) is 0 Å². The number of aryl methyl sites for hydroxylation is 1. The zero-order valence-corrected chi connectivity index (χ0v) is 13.7. The number of aliphatic hydroxyl groups excluding tert-OH is 1. The van der Waals surface area contributed by atoms with E-state index in [1.165, 1.54) is 6.07 Å². The van der Waals surface area contributed by atoms with Gasteiger partial charge in [0.05, 0.1) is 18.1 Å². The molecule has 1 aromatic rings. The van der Waals surface area contributed by atoms with Crippen LogP contribution in [-0.2, 0) is 21.4 Å². The quantitative estimate of drug-likeness (QED) is 0.667. The van der Waals surface area contributed by atoms with Crippen molar-refractivity contribution < 1.29 is 27.0 Å². The Labute approximate surface area is 130 Å². The summed E-state index contributed by atoms with van der Waals surface area (Å²) in [5.41, 5.74) is 1.13. The molecule has 0 unspecified atom stereocenters. The van der Waals surface area contributed by atoms with E-state index in [0.717, 1.165) is 0 Å². The largest absolute Gasteiger partial charge is 0.392 e. The van der Waals surface area contributed by atoms with E-state index in [-0.39, 0.29) is 24.7 Å². The summed E-state index contributed by atoms with van der Waals surface area (Å²) in [5, 5.41) is 9.12. The summed E-state index contributed by atoms with van der Waals surface area (Å²) in [6.45, 7) is 0.413. The molecule has 0 radical (unpaired) electrons. The molecule has 0 aliphatic carbocycles. The van der Waals surface area contributed by atoms with E-state index in [2.05, 4.69) is 25.4 Å². The average Bonchev–Trinajstić information content (AvgIpc) is 2.40. The lowest BCUT2D eigenvalue weighted by atomic mass is 10.1. The van der Waals surface area contributed by atoms with Crippen LogP contribution in [0.25, 0.3) is 0 Å². The van der Waals surface area contributed by atoms with E-state index >= 15 is 0 Å². The zero-order chi connectivity index (χ0) is 16.0. The maximum Gasteiger partial charge on any atom is 0.261 e. The summed E-state index contributed by atoms with van der Waals surface area (Å²) >= 11 is 3.19. The molecular formula is C12H16BrF2NO4S. The van der Waals surface area contributed by atoms with Gasteiger partial charge >= 0.3 is 0 Å². The summed E-state index contributed by atoms with van der Waals surface area (Å²) in [7, 11) is -3.82. The van der Waals surface area contributed by atoms with Crippen LogP contribution >= 0.6 is 15.9 Å². The van der Waals surface area contributed by atoms with E-state index in [4.69, 9.17) is 5.11 Å². The summed E-state index contributed by atoms with van der Waals surface area (Å²) in [4.78, 5) is -0.0135. The van der Waals surface area contributed by atoms with Crippen molar-refractivity contribution in [2.24, 2.45) is 0 Å². The molecule has 0 heterocycles. The third-order valence-electron chi connectivity index (χ3n) is 2.54. The highest BCUT2D eigenvalue weighted by molar-refractivity contribution is 9.10. The lowest BCUT2D eigenvalue weighted by Gasteiger charge is -2.12. The van der Waals surface area contributed by atoms with Gasteiger partial charge in [-0.25, -0.2) is 21.9 Å². The van der Waals surface area contributed by atoms with E-state index < -0.39 is 23.1 Å². The number of ether oxygens (including phenoxy) is 1. The van der Waals surface area contributed by atoms with Gasteiger partial charge in [0.15, 0.2) is 0 Å². The number of hydrogen-bond acceptors (Lipinski definition) is 4. The highest BCUT2D eigenvalue weighted by Gasteiger charge is 2.19. The van der Waals surface area contributed by atoms with Crippen molar-refractivity contribution >= 4 is 26.0 Å². The molecule has 9 heteroatoms. The van der Waals surface area contributed by atoms with Crippen molar-refractivity contribution in [2.75, 3.05) is 19.8 Å². The Balaban J connectivity index is 2.76. The molecule has 1 rings (SSSR count). The summed E-state index contributed by atoms with van der Waals surface area (Å²) < 4.78 is 55.2. The monoisotopic (exact) mass is 387 g/mol. The molecule has 0 saturated heterocycles. The fraction of sp³-hybridized carbons (Fsp3) is 0.500. The minimum atomic E-state index is -3.82. The highest BCUT2D eigenvalue weighted by atomic mass is 79.9. The first kappa shape index (κ1) is 18.4. The van der Waals surface area contributed by atoms with Gasteiger partial charge in [0.2, 0.25) is 10.0 Å². The maximum absolute atomic E-state index is 12.1. The van der Waals surface area contributed by atoms with Gasteiger partial charge in [0.25, 0.3) is 6.43 Å². The van der Waals surface area contributed by atoms with Crippen LogP contribution in [0.5, 0.6) is 0 Å². The molecule has 0 atom stereocenters. The number of nitrogens with one attached hydrogen (secondary N) is 1. The molecule has 21 heavy (non-hydrogen) atoms. The molecule has 2 N–H and O–H groups in total. The van der Waals surface area contributed by atoms with Gasteiger partial charge < -0.3 is 9.84 Å². The van der Waals surface area contributed by atoms with Crippen molar-refractivity contribution in [1.29, 1.82) is 0 Å². The third kappa shape index (κ3) is 5.59. The Morgan fingerprint density at radius 3 is 2.67 bits per heavy atom. The van der Waals surface area contributed by atoms with Crippen molar-refractivity contribution in [1.82, 2.24) is 4.72 Å². The van der Waals surface area contributed by atoms with E-state index in [1.807, 2.05) is 0 Å². The molecule has 1 aromatic carbocycles. The number of aliphatic hydroxyl groups is 1. The number of alkyl halides is 2. The fourth-order valence-electron chi connectivity index (χ4n) is 1.59. The smallest absolute Gasteiger partial charge is 0.261 e. The first-order valence-electron chi connectivity index (χ1n) is 6.03. The second-order valence-electron chi connectivity index (χ2n) is 4.25. The number of hydrogen-bond donors (Lipinski definition) is 2. The minimum Gasteiger partial charge on any atom is -0.392 e. The Kier molecular flexibility index (Phi) is 7.14. The fourth-order valence-corrected chi connectivity index (χ4v) is 3.67. The Bertz CT molecular complexity index is 581. The zero-order valence-electron chi connectivity index (χ0n) is 11.3. The molecule has 0 aliphatic rings. The molecule has 0 saturated carbocycles. The van der Waals surface area contributed by atoms with Gasteiger partial charge in [0.1, 0.15) is 6.61 Å². The van der Waals surface area contributed by atoms with Crippen LogP contribution in [0.2, 0.25) is 0 Å². The highest BCUT2D eigenvalue weighted by Crippen LogP contribution is 2.27. The van der Waals surface area contributed by atoms with Gasteiger partial charge in [-0.05, 0) is 40.0 Å². The van der Waals surface area contributed by atoms with Gasteiger partial charge in [-0.3, -0.25) is 0 Å². The lowest BCUT2D eigenvalue weighted by Crippen LogP contribution is -2.28. The molecule has 0 spiro atoms. The first-order chi connectivity index (χ1) is 9.77. The normalized spacial score (nSPS) is 12.1. The lowest BCUT2D eigenvalue weighted by molar-refractivity contribution is 0.0199. The van der Waals surface area contributed by atoms with Gasteiger partial charge in [0, 0.05) is 11.0 Å². The molecule has 0 bridgehead atoms. The van der Waals surface area contributed by atoms with Crippen molar-refractivity contribution in [3.63, 3.8) is 0 Å². The van der Waals surface area contributed by atoms with Crippen LogP contribution in [0.15, 0.2) is 21.5 Å². The number of benzene rings is 1. The number of sulfonamides is 1. The summed E-state index contributed by atoms with van der Waals surface area (Å²) in [5.74, 6) is 0. The molecule has 0 fully saturated rings. The Morgan fingerprint density at radius 2 is 2.10 bits per heavy atom. The van der Waals surface area contributed by atoms with E-state index in [1.54, 1.807) is 13.0 Å². The average molecular weight is 388 g/mol. The summed E-state index contributed by atoms with van der Waals surface area (Å²) in [6.07, 6.45) is -2.58. The van der Waals surface area contributed by atoms with Gasteiger partial charge in [-0.15, -0.1) is 0 Å². The van der Waals surface area contributed by atoms with Gasteiger partial charge in [-0.1, -0.05) is 6.07 Å². The number of rotatable bonds is 8. The molecule has 0 amide bonds. The molecule has 5 nitrogen and oxygen atoms in total. The molecular weight excluding hydrogens is 372 g/mol. The first-order valence-corrected chi connectivity index (χ1v) is 8.31. The van der Waals surface area contributed by atoms with Gasteiger partial charge in [-0.2, -0.15) is 0 Å². The second kappa shape index (κ2) is 8.14. The predicted octanol–water partition coefficient (Wildman–Crippen LogP) is 1.81.